The number of benzene rings is 1. The number of aromatic nitrogens is 2. The fourth-order valence-corrected chi connectivity index (χ4v) is 2.66. The molecule has 0 saturated heterocycles. The highest BCUT2D eigenvalue weighted by molar-refractivity contribution is 7.99. The van der Waals surface area contributed by atoms with E-state index in [2.05, 4.69) is 15.3 Å². The molecule has 0 saturated carbocycles. The van der Waals surface area contributed by atoms with Crippen LogP contribution in [-0.4, -0.2) is 15.1 Å². The van der Waals surface area contributed by atoms with Crippen LogP contribution in [0.2, 0.25) is 0 Å². The highest BCUT2D eigenvalue weighted by atomic mass is 32.2. The van der Waals surface area contributed by atoms with Gasteiger partial charge in [-0.2, -0.15) is 0 Å². The van der Waals surface area contributed by atoms with Gasteiger partial charge in [-0.15, -0.1) is 0 Å². The minimum Gasteiger partial charge on any atom is -0.376 e. The molecule has 0 bridgehead atoms. The number of nitrogens with two attached hydrogens (primary N) is 1. The first-order valence-electron chi connectivity index (χ1n) is 5.69. The van der Waals surface area contributed by atoms with Crippen molar-refractivity contribution in [2.75, 3.05) is 5.32 Å². The van der Waals surface area contributed by atoms with Gasteiger partial charge in [0, 0.05) is 22.0 Å². The predicted octanol–water partition coefficient (Wildman–Crippen LogP) is 2.90. The molecule has 0 aliphatic heterocycles. The molecule has 3 N–H and O–H groups in total. The van der Waals surface area contributed by atoms with Gasteiger partial charge in [0.05, 0.1) is 0 Å². The summed E-state index contributed by atoms with van der Waals surface area (Å²) in [6, 6.07) is 9.76. The van der Waals surface area contributed by atoms with Crippen LogP contribution in [0.5, 0.6) is 0 Å². The molecule has 4 nitrogen and oxygen atoms in total. The van der Waals surface area contributed by atoms with Crippen molar-refractivity contribution in [1.82, 2.24) is 9.97 Å². The van der Waals surface area contributed by atoms with Gasteiger partial charge in [-0.05, 0) is 62.1 Å². The lowest BCUT2D eigenvalue weighted by Gasteiger charge is -2.06. The molecule has 0 unspecified atom stereocenters. The quantitative estimate of drug-likeness (QED) is 0.669. The molecule has 98 valence electrons. The van der Waals surface area contributed by atoms with Gasteiger partial charge in [0.1, 0.15) is 0 Å². The molecule has 6 heteroatoms. The number of nitrogens with one attached hydrogen (secondary N) is 1. The minimum absolute atomic E-state index is 0.254. The van der Waals surface area contributed by atoms with Crippen molar-refractivity contribution in [2.45, 2.75) is 23.9 Å². The van der Waals surface area contributed by atoms with Crippen molar-refractivity contribution in [3.8, 4) is 0 Å². The third-order valence-corrected chi connectivity index (χ3v) is 3.23. The summed E-state index contributed by atoms with van der Waals surface area (Å²) in [5, 5.41) is 3.90. The standard InChI is InChI=1S/C13H14N4S2/c1-8-6-9(2)16-13(15-8)19-11-5-3-4-10(7-11)17-12(14)18/h3-7H,1-2H3,(H3,14,17,18). The molecule has 0 fully saturated rings. The Kier molecular flexibility index (Phi) is 4.34. The minimum atomic E-state index is 0.254. The van der Waals surface area contributed by atoms with E-state index < -0.39 is 0 Å². The SMILES string of the molecule is Cc1cc(C)nc(Sc2cccc(NC(N)=S)c2)n1. The average Bonchev–Trinajstić information content (AvgIpc) is 2.26. The van der Waals surface area contributed by atoms with Crippen LogP contribution in [0, 0.1) is 13.8 Å². The van der Waals surface area contributed by atoms with Crippen LogP contribution in [-0.2, 0) is 0 Å². The number of anilines is 1. The molecular weight excluding hydrogens is 276 g/mol. The van der Waals surface area contributed by atoms with E-state index in [1.54, 1.807) is 0 Å². The largest absolute Gasteiger partial charge is 0.376 e. The molecule has 0 spiro atoms. The summed E-state index contributed by atoms with van der Waals surface area (Å²) in [6.07, 6.45) is 0. The number of nitrogens with zero attached hydrogens (tertiary/aromatic N) is 2. The first-order chi connectivity index (χ1) is 9.02. The molecule has 0 atom stereocenters. The van der Waals surface area contributed by atoms with E-state index in [1.165, 1.54) is 11.8 Å². The molecule has 0 aliphatic rings. The maximum absolute atomic E-state index is 5.46. The van der Waals surface area contributed by atoms with E-state index >= 15 is 0 Å². The molecule has 1 aromatic carbocycles. The summed E-state index contributed by atoms with van der Waals surface area (Å²) < 4.78 is 0. The maximum atomic E-state index is 5.46. The number of rotatable bonds is 3. The predicted molar refractivity (Wildman–Crippen MR) is 82.5 cm³/mol. The summed E-state index contributed by atoms with van der Waals surface area (Å²) >= 11 is 6.33. The van der Waals surface area contributed by atoms with Crippen molar-refractivity contribution in [2.24, 2.45) is 5.73 Å². The Bertz CT molecular complexity index is 593. The van der Waals surface area contributed by atoms with E-state index in [0.29, 0.717) is 0 Å². The molecule has 2 rings (SSSR count). The number of aryl methyl sites for hydroxylation is 2. The molecular formula is C13H14N4S2. The van der Waals surface area contributed by atoms with E-state index in [9.17, 15) is 0 Å². The van der Waals surface area contributed by atoms with Crippen molar-refractivity contribution in [1.29, 1.82) is 0 Å². The zero-order chi connectivity index (χ0) is 13.8. The van der Waals surface area contributed by atoms with Crippen molar-refractivity contribution in [3.63, 3.8) is 0 Å². The van der Waals surface area contributed by atoms with E-state index in [4.69, 9.17) is 18.0 Å². The fourth-order valence-electron chi connectivity index (χ4n) is 1.62. The number of thiocarbonyl (C=S) groups is 1. The van der Waals surface area contributed by atoms with Gasteiger partial charge in [-0.25, -0.2) is 9.97 Å². The second-order valence-corrected chi connectivity index (χ2v) is 5.53. The van der Waals surface area contributed by atoms with Crippen LogP contribution >= 0.6 is 24.0 Å². The van der Waals surface area contributed by atoms with Gasteiger partial charge >= 0.3 is 0 Å². The second kappa shape index (κ2) is 5.99. The second-order valence-electron chi connectivity index (χ2n) is 4.05. The fraction of sp³-hybridized carbons (Fsp3) is 0.154. The zero-order valence-electron chi connectivity index (χ0n) is 10.7. The highest BCUT2D eigenvalue weighted by Gasteiger charge is 2.03. The monoisotopic (exact) mass is 290 g/mol. The average molecular weight is 290 g/mol. The maximum Gasteiger partial charge on any atom is 0.192 e. The Morgan fingerprint density at radius 3 is 2.53 bits per heavy atom. The van der Waals surface area contributed by atoms with Gasteiger partial charge in [-0.1, -0.05) is 6.07 Å². The summed E-state index contributed by atoms with van der Waals surface area (Å²) in [7, 11) is 0. The first kappa shape index (κ1) is 13.8. The van der Waals surface area contributed by atoms with Crippen molar-refractivity contribution >= 4 is 34.8 Å². The van der Waals surface area contributed by atoms with Gasteiger partial charge in [0.15, 0.2) is 10.3 Å². The van der Waals surface area contributed by atoms with Gasteiger partial charge < -0.3 is 11.1 Å². The topological polar surface area (TPSA) is 63.8 Å². The molecule has 19 heavy (non-hydrogen) atoms. The van der Waals surface area contributed by atoms with Gasteiger partial charge in [-0.3, -0.25) is 0 Å². The summed E-state index contributed by atoms with van der Waals surface area (Å²) in [5.41, 5.74) is 8.25. The zero-order valence-corrected chi connectivity index (χ0v) is 12.3. The van der Waals surface area contributed by atoms with Crippen molar-refractivity contribution < 1.29 is 0 Å². The molecule has 0 radical (unpaired) electrons. The lowest BCUT2D eigenvalue weighted by molar-refractivity contribution is 0.902. The lowest BCUT2D eigenvalue weighted by Crippen LogP contribution is -2.18. The summed E-state index contributed by atoms with van der Waals surface area (Å²) in [5.74, 6) is 0. The van der Waals surface area contributed by atoms with E-state index in [0.717, 1.165) is 27.1 Å². The molecule has 1 aromatic heterocycles. The Balaban J connectivity index is 2.20. The summed E-state index contributed by atoms with van der Waals surface area (Å²) in [6.45, 7) is 3.92. The Labute approximate surface area is 121 Å². The van der Waals surface area contributed by atoms with E-state index in [-0.39, 0.29) is 5.11 Å². The van der Waals surface area contributed by atoms with Crippen LogP contribution in [0.25, 0.3) is 0 Å². The normalized spacial score (nSPS) is 10.2. The van der Waals surface area contributed by atoms with Crippen LogP contribution in [0.15, 0.2) is 40.4 Å². The third kappa shape index (κ3) is 4.18. The Hall–Kier alpha value is -1.66. The number of hydrogen-bond acceptors (Lipinski definition) is 4. The van der Waals surface area contributed by atoms with Crippen LogP contribution in [0.1, 0.15) is 11.4 Å². The van der Waals surface area contributed by atoms with Crippen molar-refractivity contribution in [3.05, 3.63) is 41.7 Å². The van der Waals surface area contributed by atoms with Crippen LogP contribution in [0.4, 0.5) is 5.69 Å². The highest BCUT2D eigenvalue weighted by Crippen LogP contribution is 2.27. The first-order valence-corrected chi connectivity index (χ1v) is 6.92. The van der Waals surface area contributed by atoms with Crippen LogP contribution < -0.4 is 11.1 Å². The Morgan fingerprint density at radius 2 is 1.89 bits per heavy atom. The Morgan fingerprint density at radius 1 is 1.21 bits per heavy atom. The number of hydrogen-bond donors (Lipinski definition) is 2. The molecule has 1 heterocycles. The molecule has 2 aromatic rings. The van der Waals surface area contributed by atoms with E-state index in [1.807, 2.05) is 44.2 Å². The summed E-state index contributed by atoms with van der Waals surface area (Å²) in [4.78, 5) is 9.84. The third-order valence-electron chi connectivity index (χ3n) is 2.27. The molecule has 0 amide bonds. The van der Waals surface area contributed by atoms with Gasteiger partial charge in [0.2, 0.25) is 0 Å². The molecule has 0 aliphatic carbocycles. The van der Waals surface area contributed by atoms with Crippen LogP contribution in [0.3, 0.4) is 0 Å². The smallest absolute Gasteiger partial charge is 0.192 e. The lowest BCUT2D eigenvalue weighted by atomic mass is 10.3. The van der Waals surface area contributed by atoms with Gasteiger partial charge in [0.25, 0.3) is 0 Å².